The summed E-state index contributed by atoms with van der Waals surface area (Å²) >= 11 is 0. The van der Waals surface area contributed by atoms with Gasteiger partial charge in [-0.2, -0.15) is 0 Å². The van der Waals surface area contributed by atoms with Crippen molar-refractivity contribution >= 4 is 17.8 Å². The van der Waals surface area contributed by atoms with E-state index in [2.05, 4.69) is 17.6 Å². The molecule has 0 rings (SSSR count). The zero-order chi connectivity index (χ0) is 18.2. The summed E-state index contributed by atoms with van der Waals surface area (Å²) in [6, 6.07) is -0.992. The van der Waals surface area contributed by atoms with Crippen molar-refractivity contribution in [2.75, 3.05) is 6.54 Å². The van der Waals surface area contributed by atoms with E-state index in [1.807, 2.05) is 0 Å². The first-order chi connectivity index (χ1) is 11.5. The van der Waals surface area contributed by atoms with Crippen molar-refractivity contribution in [2.45, 2.75) is 90.5 Å². The van der Waals surface area contributed by atoms with Crippen molar-refractivity contribution in [3.05, 3.63) is 0 Å². The molecule has 24 heavy (non-hydrogen) atoms. The Morgan fingerprint density at radius 3 is 1.92 bits per heavy atom. The molecule has 6 nitrogen and oxygen atoms in total. The quantitative estimate of drug-likeness (QED) is 0.399. The molecule has 0 radical (unpaired) electrons. The first-order valence-corrected chi connectivity index (χ1v) is 9.30. The second-order valence-electron chi connectivity index (χ2n) is 6.19. The van der Waals surface area contributed by atoms with Crippen molar-refractivity contribution in [3.63, 3.8) is 0 Å². The number of aliphatic carboxylic acids is 1. The number of rotatable bonds is 15. The summed E-state index contributed by atoms with van der Waals surface area (Å²) in [6.07, 6.45) is 10.5. The number of carboxylic acids is 1. The Morgan fingerprint density at radius 1 is 0.875 bits per heavy atom. The zero-order valence-corrected chi connectivity index (χ0v) is 15.2. The van der Waals surface area contributed by atoms with Gasteiger partial charge in [0.25, 0.3) is 0 Å². The summed E-state index contributed by atoms with van der Waals surface area (Å²) in [7, 11) is 0. The molecule has 1 unspecified atom stereocenters. The number of nitrogens with one attached hydrogen (secondary N) is 2. The molecule has 0 aliphatic heterocycles. The van der Waals surface area contributed by atoms with E-state index in [1.165, 1.54) is 38.5 Å². The molecule has 0 saturated carbocycles. The fourth-order valence-electron chi connectivity index (χ4n) is 2.54. The molecule has 0 fully saturated rings. The minimum Gasteiger partial charge on any atom is -0.481 e. The fourth-order valence-corrected chi connectivity index (χ4v) is 2.54. The van der Waals surface area contributed by atoms with Crippen LogP contribution >= 0.6 is 0 Å². The molecule has 140 valence electrons. The molecule has 3 N–H and O–H groups in total. The minimum absolute atomic E-state index is 0.254. The number of hydrogen-bond donors (Lipinski definition) is 3. The SMILES string of the molecule is CCCCCCCCCCCC(=O)NC(CC(=O)O)C(=O)NCC. The third kappa shape index (κ3) is 12.9. The smallest absolute Gasteiger partial charge is 0.305 e. The lowest BCUT2D eigenvalue weighted by Crippen LogP contribution is -2.47. The molecule has 0 spiro atoms. The van der Waals surface area contributed by atoms with Crippen LogP contribution in [0.25, 0.3) is 0 Å². The Bertz CT molecular complexity index is 372. The van der Waals surface area contributed by atoms with Crippen molar-refractivity contribution in [2.24, 2.45) is 0 Å². The van der Waals surface area contributed by atoms with Crippen LogP contribution in [-0.2, 0) is 14.4 Å². The molecule has 0 aromatic carbocycles. The van der Waals surface area contributed by atoms with Gasteiger partial charge in [0, 0.05) is 13.0 Å². The van der Waals surface area contributed by atoms with Gasteiger partial charge >= 0.3 is 5.97 Å². The molecule has 0 saturated heterocycles. The second kappa shape index (κ2) is 15.0. The van der Waals surface area contributed by atoms with Crippen molar-refractivity contribution in [1.29, 1.82) is 0 Å². The van der Waals surface area contributed by atoms with Gasteiger partial charge in [-0.05, 0) is 13.3 Å². The minimum atomic E-state index is -1.10. The summed E-state index contributed by atoms with van der Waals surface area (Å²) in [4.78, 5) is 34.4. The number of carbonyl (C=O) groups is 3. The van der Waals surface area contributed by atoms with E-state index in [0.717, 1.165) is 19.3 Å². The Morgan fingerprint density at radius 2 is 1.42 bits per heavy atom. The van der Waals surface area contributed by atoms with Gasteiger partial charge in [0.2, 0.25) is 11.8 Å². The largest absolute Gasteiger partial charge is 0.481 e. The molecule has 0 aliphatic rings. The number of likely N-dealkylation sites (N-methyl/N-ethyl adjacent to an activating group) is 1. The Balaban J connectivity index is 3.84. The van der Waals surface area contributed by atoms with E-state index in [4.69, 9.17) is 5.11 Å². The predicted octanol–water partition coefficient (Wildman–Crippen LogP) is 3.00. The Kier molecular flexibility index (Phi) is 14.0. The highest BCUT2D eigenvalue weighted by Crippen LogP contribution is 2.10. The van der Waals surface area contributed by atoms with Crippen LogP contribution in [-0.4, -0.2) is 35.5 Å². The summed E-state index contributed by atoms with van der Waals surface area (Å²) in [5.41, 5.74) is 0. The highest BCUT2D eigenvalue weighted by atomic mass is 16.4. The van der Waals surface area contributed by atoms with Crippen LogP contribution in [0.15, 0.2) is 0 Å². The van der Waals surface area contributed by atoms with Crippen LogP contribution in [0.3, 0.4) is 0 Å². The summed E-state index contributed by atoms with van der Waals surface area (Å²) < 4.78 is 0. The van der Waals surface area contributed by atoms with Crippen LogP contribution in [0.2, 0.25) is 0 Å². The van der Waals surface area contributed by atoms with Crippen LogP contribution in [0.4, 0.5) is 0 Å². The zero-order valence-electron chi connectivity index (χ0n) is 15.2. The maximum absolute atomic E-state index is 11.9. The average molecular weight is 342 g/mol. The second-order valence-corrected chi connectivity index (χ2v) is 6.19. The molecular formula is C18H34N2O4. The highest BCUT2D eigenvalue weighted by Gasteiger charge is 2.22. The van der Waals surface area contributed by atoms with E-state index in [0.29, 0.717) is 13.0 Å². The van der Waals surface area contributed by atoms with Gasteiger partial charge in [-0.1, -0.05) is 58.3 Å². The van der Waals surface area contributed by atoms with Crippen molar-refractivity contribution in [3.8, 4) is 0 Å². The Labute approximate surface area is 145 Å². The van der Waals surface area contributed by atoms with E-state index in [-0.39, 0.29) is 5.91 Å². The molecule has 2 amide bonds. The van der Waals surface area contributed by atoms with E-state index in [9.17, 15) is 14.4 Å². The Hall–Kier alpha value is -1.59. The van der Waals surface area contributed by atoms with Crippen molar-refractivity contribution in [1.82, 2.24) is 10.6 Å². The molecule has 1 atom stereocenters. The monoisotopic (exact) mass is 342 g/mol. The summed E-state index contributed by atoms with van der Waals surface area (Å²) in [5.74, 6) is -1.80. The number of carbonyl (C=O) groups excluding carboxylic acids is 2. The van der Waals surface area contributed by atoms with Crippen LogP contribution in [0, 0.1) is 0 Å². The normalized spacial score (nSPS) is 11.8. The summed E-state index contributed by atoms with van der Waals surface area (Å²) in [5, 5.41) is 13.9. The van der Waals surface area contributed by atoms with Crippen molar-refractivity contribution < 1.29 is 19.5 Å². The van der Waals surface area contributed by atoms with Gasteiger partial charge < -0.3 is 15.7 Å². The molecule has 0 aromatic heterocycles. The number of unbranched alkanes of at least 4 members (excludes halogenated alkanes) is 8. The average Bonchev–Trinajstić information content (AvgIpc) is 2.52. The summed E-state index contributed by atoms with van der Waals surface area (Å²) in [6.45, 7) is 4.36. The number of amides is 2. The van der Waals surface area contributed by atoms with Gasteiger partial charge in [-0.3, -0.25) is 14.4 Å². The van der Waals surface area contributed by atoms with Gasteiger partial charge in [-0.25, -0.2) is 0 Å². The molecule has 0 bridgehead atoms. The number of carboxylic acid groups (broad SMARTS) is 1. The molecule has 0 aliphatic carbocycles. The van der Waals surface area contributed by atoms with Crippen LogP contribution in [0.5, 0.6) is 0 Å². The lowest BCUT2D eigenvalue weighted by Gasteiger charge is -2.16. The molecule has 0 heterocycles. The highest BCUT2D eigenvalue weighted by molar-refractivity contribution is 5.90. The maximum Gasteiger partial charge on any atom is 0.305 e. The van der Waals surface area contributed by atoms with Crippen LogP contribution < -0.4 is 10.6 Å². The molecule has 6 heteroatoms. The first kappa shape index (κ1) is 22.4. The third-order valence-corrected chi connectivity index (χ3v) is 3.89. The van der Waals surface area contributed by atoms with Gasteiger partial charge in [0.1, 0.15) is 6.04 Å². The van der Waals surface area contributed by atoms with Crippen LogP contribution in [0.1, 0.15) is 84.5 Å². The van der Waals surface area contributed by atoms with Gasteiger partial charge in [-0.15, -0.1) is 0 Å². The lowest BCUT2D eigenvalue weighted by molar-refractivity contribution is -0.140. The third-order valence-electron chi connectivity index (χ3n) is 3.89. The first-order valence-electron chi connectivity index (χ1n) is 9.30. The van der Waals surface area contributed by atoms with E-state index >= 15 is 0 Å². The standard InChI is InChI=1S/C18H34N2O4/c1-3-5-6-7-8-9-10-11-12-13-16(21)20-15(14-17(22)23)18(24)19-4-2/h15H,3-14H2,1-2H3,(H,19,24)(H,20,21)(H,22,23). The fraction of sp³-hybridized carbons (Fsp3) is 0.833. The van der Waals surface area contributed by atoms with E-state index < -0.39 is 24.3 Å². The molecular weight excluding hydrogens is 308 g/mol. The topological polar surface area (TPSA) is 95.5 Å². The molecule has 0 aromatic rings. The maximum atomic E-state index is 11.9. The van der Waals surface area contributed by atoms with E-state index in [1.54, 1.807) is 6.92 Å². The lowest BCUT2D eigenvalue weighted by atomic mass is 10.1. The van der Waals surface area contributed by atoms with Gasteiger partial charge in [0.05, 0.1) is 6.42 Å². The predicted molar refractivity (Wildman–Crippen MR) is 94.7 cm³/mol. The van der Waals surface area contributed by atoms with Gasteiger partial charge in [0.15, 0.2) is 0 Å². The number of hydrogen-bond acceptors (Lipinski definition) is 3.